The molecular weight excluding hydrogens is 396 g/mol. The third-order valence-electron chi connectivity index (χ3n) is 5.31. The van der Waals surface area contributed by atoms with Gasteiger partial charge in [-0.25, -0.2) is 0 Å². The third-order valence-corrected chi connectivity index (χ3v) is 6.43. The van der Waals surface area contributed by atoms with Gasteiger partial charge in [-0.1, -0.05) is 17.7 Å². The quantitative estimate of drug-likeness (QED) is 0.515. The summed E-state index contributed by atoms with van der Waals surface area (Å²) in [6.07, 6.45) is 0. The van der Waals surface area contributed by atoms with Crippen molar-refractivity contribution in [2.45, 2.75) is 6.54 Å². The van der Waals surface area contributed by atoms with Crippen LogP contribution in [0.25, 0.3) is 16.0 Å². The van der Waals surface area contributed by atoms with E-state index >= 15 is 0 Å². The van der Waals surface area contributed by atoms with Gasteiger partial charge in [0.25, 0.3) is 5.56 Å². The lowest BCUT2D eigenvalue weighted by Gasteiger charge is -2.35. The molecule has 0 amide bonds. The molecule has 0 atom stereocenters. The molecule has 0 spiro atoms. The first kappa shape index (κ1) is 17.7. The zero-order valence-corrected chi connectivity index (χ0v) is 16.9. The largest absolute Gasteiger partial charge is 0.369 e. The fourth-order valence-corrected chi connectivity index (χ4v) is 4.83. The Kier molecular flexibility index (Phi) is 4.34. The molecule has 4 heterocycles. The van der Waals surface area contributed by atoms with Crippen LogP contribution in [0.4, 0.5) is 5.69 Å². The lowest BCUT2D eigenvalue weighted by Crippen LogP contribution is -2.46. The van der Waals surface area contributed by atoms with Crippen molar-refractivity contribution in [3.8, 4) is 0 Å². The van der Waals surface area contributed by atoms with Crippen molar-refractivity contribution in [1.29, 1.82) is 0 Å². The second-order valence-electron chi connectivity index (χ2n) is 6.99. The molecule has 0 aliphatic carbocycles. The number of aryl methyl sites for hydroxylation is 1. The number of fused-ring (bicyclic) bond motifs is 3. The van der Waals surface area contributed by atoms with Gasteiger partial charge in [0.2, 0.25) is 5.78 Å². The number of thiophene rings is 1. The Morgan fingerprint density at radius 1 is 1.14 bits per heavy atom. The summed E-state index contributed by atoms with van der Waals surface area (Å²) in [6.45, 7) is 4.43. The number of rotatable bonds is 3. The van der Waals surface area contributed by atoms with Gasteiger partial charge in [0, 0.05) is 43.9 Å². The molecule has 0 N–H and O–H groups in total. The van der Waals surface area contributed by atoms with E-state index in [1.165, 1.54) is 11.3 Å². The third kappa shape index (κ3) is 2.88. The van der Waals surface area contributed by atoms with Crippen molar-refractivity contribution in [2.75, 3.05) is 31.1 Å². The number of hydrogen-bond acceptors (Lipinski definition) is 6. The first-order valence-electron chi connectivity index (χ1n) is 9.15. The smallest absolute Gasteiger partial charge is 0.272 e. The Hall–Kier alpha value is -2.42. The van der Waals surface area contributed by atoms with Crippen LogP contribution in [0.5, 0.6) is 0 Å². The highest BCUT2D eigenvalue weighted by molar-refractivity contribution is 7.17. The van der Waals surface area contributed by atoms with Gasteiger partial charge >= 0.3 is 0 Å². The van der Waals surface area contributed by atoms with Crippen LogP contribution >= 0.6 is 22.9 Å². The second-order valence-corrected chi connectivity index (χ2v) is 8.35. The van der Waals surface area contributed by atoms with E-state index < -0.39 is 0 Å². The van der Waals surface area contributed by atoms with E-state index in [0.29, 0.717) is 12.3 Å². The lowest BCUT2D eigenvalue weighted by molar-refractivity contribution is 0.243. The fraction of sp³-hybridized carbons (Fsp3) is 0.316. The summed E-state index contributed by atoms with van der Waals surface area (Å²) in [5.41, 5.74) is 2.03. The monoisotopic (exact) mass is 414 g/mol. The van der Waals surface area contributed by atoms with Gasteiger partial charge in [0.05, 0.1) is 12.1 Å². The summed E-state index contributed by atoms with van der Waals surface area (Å²) < 4.78 is 4.32. The van der Waals surface area contributed by atoms with Crippen LogP contribution in [0.1, 0.15) is 5.82 Å². The van der Waals surface area contributed by atoms with Crippen molar-refractivity contribution in [3.63, 3.8) is 0 Å². The van der Waals surface area contributed by atoms with Gasteiger partial charge in [-0.15, -0.1) is 21.5 Å². The van der Waals surface area contributed by atoms with E-state index in [1.807, 2.05) is 34.0 Å². The minimum Gasteiger partial charge on any atom is -0.369 e. The molecule has 1 aliphatic rings. The minimum atomic E-state index is -0.0217. The second kappa shape index (κ2) is 6.88. The summed E-state index contributed by atoms with van der Waals surface area (Å²) in [5.74, 6) is 1.45. The van der Waals surface area contributed by atoms with Gasteiger partial charge in [-0.3, -0.25) is 18.7 Å². The number of piperazine rings is 1. The number of nitrogens with zero attached hydrogens (tertiary/aromatic N) is 6. The summed E-state index contributed by atoms with van der Waals surface area (Å²) in [4.78, 5) is 17.2. The van der Waals surface area contributed by atoms with Crippen LogP contribution in [-0.4, -0.2) is 50.2 Å². The molecular formula is C19H19ClN6OS. The first-order chi connectivity index (χ1) is 13.6. The summed E-state index contributed by atoms with van der Waals surface area (Å²) in [5, 5.41) is 11.4. The molecule has 4 aromatic rings. The average Bonchev–Trinajstić information content (AvgIpc) is 3.34. The molecule has 28 heavy (non-hydrogen) atoms. The number of aromatic nitrogens is 4. The molecule has 0 radical (unpaired) electrons. The molecule has 0 saturated carbocycles. The first-order valence-corrected chi connectivity index (χ1v) is 10.4. The van der Waals surface area contributed by atoms with Crippen molar-refractivity contribution in [3.05, 3.63) is 56.9 Å². The van der Waals surface area contributed by atoms with E-state index in [1.54, 1.807) is 11.6 Å². The molecule has 9 heteroatoms. The molecule has 7 nitrogen and oxygen atoms in total. The zero-order valence-electron chi connectivity index (χ0n) is 15.4. The van der Waals surface area contributed by atoms with Crippen molar-refractivity contribution >= 4 is 44.6 Å². The van der Waals surface area contributed by atoms with Crippen LogP contribution in [-0.2, 0) is 13.6 Å². The lowest BCUT2D eigenvalue weighted by atomic mass is 10.2. The Labute approximate surface area is 170 Å². The highest BCUT2D eigenvalue weighted by Crippen LogP contribution is 2.22. The van der Waals surface area contributed by atoms with Crippen LogP contribution in [0.15, 0.2) is 40.5 Å². The van der Waals surface area contributed by atoms with E-state index in [9.17, 15) is 4.79 Å². The molecule has 0 unspecified atom stereocenters. The van der Waals surface area contributed by atoms with Gasteiger partial charge in [-0.2, -0.15) is 0 Å². The zero-order chi connectivity index (χ0) is 19.3. The highest BCUT2D eigenvalue weighted by Gasteiger charge is 2.21. The SMILES string of the molecule is Cn1c(=O)c2sccc2n2c(CN3CCN(c4cccc(Cl)c4)CC3)nnc12. The Bertz CT molecular complexity index is 1220. The molecule has 3 aromatic heterocycles. The number of anilines is 1. The van der Waals surface area contributed by atoms with Gasteiger partial charge < -0.3 is 4.90 Å². The van der Waals surface area contributed by atoms with Crippen LogP contribution in [0, 0.1) is 0 Å². The van der Waals surface area contributed by atoms with Crippen molar-refractivity contribution < 1.29 is 0 Å². The minimum absolute atomic E-state index is 0.0217. The molecule has 0 bridgehead atoms. The van der Waals surface area contributed by atoms with Crippen LogP contribution < -0.4 is 10.5 Å². The maximum atomic E-state index is 12.5. The molecule has 1 aromatic carbocycles. The summed E-state index contributed by atoms with van der Waals surface area (Å²) in [6, 6.07) is 9.97. The van der Waals surface area contributed by atoms with E-state index in [-0.39, 0.29) is 5.56 Å². The average molecular weight is 415 g/mol. The van der Waals surface area contributed by atoms with Gasteiger partial charge in [-0.05, 0) is 29.6 Å². The number of benzene rings is 1. The molecule has 144 valence electrons. The maximum absolute atomic E-state index is 12.5. The molecule has 1 aliphatic heterocycles. The normalized spacial score (nSPS) is 15.7. The predicted molar refractivity (Wildman–Crippen MR) is 113 cm³/mol. The van der Waals surface area contributed by atoms with Gasteiger partial charge in [0.15, 0.2) is 5.82 Å². The van der Waals surface area contributed by atoms with E-state index in [2.05, 4.69) is 26.1 Å². The Morgan fingerprint density at radius 2 is 1.96 bits per heavy atom. The topological polar surface area (TPSA) is 58.7 Å². The molecule has 1 saturated heterocycles. The number of halogens is 1. The fourth-order valence-electron chi connectivity index (χ4n) is 3.79. The predicted octanol–water partition coefficient (Wildman–Crippen LogP) is 2.62. The molecule has 1 fully saturated rings. The van der Waals surface area contributed by atoms with Crippen LogP contribution in [0.3, 0.4) is 0 Å². The standard InChI is InChI=1S/C19H19ClN6OS/c1-23-18(27)17-15(5-10-28-17)26-16(21-22-19(23)26)12-24-6-8-25(9-7-24)14-4-2-3-13(20)11-14/h2-5,10-11H,6-9,12H2,1H3. The van der Waals surface area contributed by atoms with Crippen molar-refractivity contribution in [2.24, 2.45) is 7.05 Å². The number of hydrogen-bond donors (Lipinski definition) is 0. The maximum Gasteiger partial charge on any atom is 0.272 e. The van der Waals surface area contributed by atoms with Crippen LogP contribution in [0.2, 0.25) is 5.02 Å². The Morgan fingerprint density at radius 3 is 2.75 bits per heavy atom. The summed E-state index contributed by atoms with van der Waals surface area (Å²) in [7, 11) is 1.75. The van der Waals surface area contributed by atoms with Gasteiger partial charge in [0.1, 0.15) is 4.70 Å². The molecule has 5 rings (SSSR count). The van der Waals surface area contributed by atoms with E-state index in [4.69, 9.17) is 11.6 Å². The van der Waals surface area contributed by atoms with E-state index in [0.717, 1.165) is 52.9 Å². The Balaban J connectivity index is 1.39. The highest BCUT2D eigenvalue weighted by atomic mass is 35.5. The summed E-state index contributed by atoms with van der Waals surface area (Å²) >= 11 is 7.59. The van der Waals surface area contributed by atoms with Crippen molar-refractivity contribution in [1.82, 2.24) is 24.1 Å².